The van der Waals surface area contributed by atoms with Crippen LogP contribution in [0.3, 0.4) is 0 Å². The molecule has 0 atom stereocenters. The van der Waals surface area contributed by atoms with E-state index in [-0.39, 0.29) is 11.4 Å². The quantitative estimate of drug-likeness (QED) is 0.587. The van der Waals surface area contributed by atoms with E-state index in [4.69, 9.17) is 0 Å². The van der Waals surface area contributed by atoms with Gasteiger partial charge >= 0.3 is 6.18 Å². The fourth-order valence-electron chi connectivity index (χ4n) is 2.35. The molecular formula is C17H15F3N4OS2. The molecule has 27 heavy (non-hydrogen) atoms. The number of hydrogen-bond donors (Lipinski definition) is 1. The van der Waals surface area contributed by atoms with Gasteiger partial charge in [-0.25, -0.2) is 0 Å². The first-order valence-corrected chi connectivity index (χ1v) is 9.79. The molecule has 0 aliphatic heterocycles. The first-order chi connectivity index (χ1) is 12.9. The average Bonchev–Trinajstić information content (AvgIpc) is 3.29. The number of nitrogens with zero attached hydrogens (tertiary/aromatic N) is 3. The Morgan fingerprint density at radius 3 is 2.78 bits per heavy atom. The van der Waals surface area contributed by atoms with E-state index in [0.29, 0.717) is 11.7 Å². The van der Waals surface area contributed by atoms with Crippen LogP contribution in [-0.2, 0) is 23.9 Å². The maximum absolute atomic E-state index is 13.0. The van der Waals surface area contributed by atoms with Crippen molar-refractivity contribution in [1.82, 2.24) is 14.8 Å². The zero-order valence-electron chi connectivity index (χ0n) is 13.9. The van der Waals surface area contributed by atoms with E-state index in [1.165, 1.54) is 23.1 Å². The molecule has 0 radical (unpaired) electrons. The number of alkyl halides is 3. The second-order valence-electron chi connectivity index (χ2n) is 5.52. The lowest BCUT2D eigenvalue weighted by atomic mass is 10.1. The first-order valence-electron chi connectivity index (χ1n) is 7.92. The minimum atomic E-state index is -4.53. The van der Waals surface area contributed by atoms with E-state index < -0.39 is 17.6 Å². The van der Waals surface area contributed by atoms with Gasteiger partial charge in [-0.1, -0.05) is 30.0 Å². The van der Waals surface area contributed by atoms with Gasteiger partial charge < -0.3 is 9.88 Å². The molecule has 1 amide bonds. The van der Waals surface area contributed by atoms with Gasteiger partial charge in [0.05, 0.1) is 17.0 Å². The highest BCUT2D eigenvalue weighted by Crippen LogP contribution is 2.34. The Bertz CT molecular complexity index is 894. The van der Waals surface area contributed by atoms with E-state index in [0.717, 1.165) is 24.2 Å². The van der Waals surface area contributed by atoms with Crippen molar-refractivity contribution in [2.75, 3.05) is 11.1 Å². The fraction of sp³-hybridized carbons (Fsp3) is 0.235. The average molecular weight is 412 g/mol. The second kappa shape index (κ2) is 8.57. The van der Waals surface area contributed by atoms with Gasteiger partial charge in [0.2, 0.25) is 5.91 Å². The molecule has 2 aromatic heterocycles. The number of thioether (sulfide) groups is 1. The van der Waals surface area contributed by atoms with Gasteiger partial charge in [0, 0.05) is 11.4 Å². The molecule has 0 aliphatic carbocycles. The molecule has 2 heterocycles. The van der Waals surface area contributed by atoms with Crippen molar-refractivity contribution in [3.8, 4) is 0 Å². The molecule has 0 unspecified atom stereocenters. The molecule has 0 spiro atoms. The Hall–Kier alpha value is -2.33. The number of carbonyl (C=O) groups excluding carboxylic acids is 1. The number of amides is 1. The number of anilines is 1. The normalized spacial score (nSPS) is 11.5. The number of aryl methyl sites for hydroxylation is 2. The van der Waals surface area contributed by atoms with Crippen molar-refractivity contribution >= 4 is 34.7 Å². The number of nitrogens with one attached hydrogen (secondary N) is 1. The van der Waals surface area contributed by atoms with Crippen LogP contribution in [0.5, 0.6) is 0 Å². The van der Waals surface area contributed by atoms with Crippen molar-refractivity contribution < 1.29 is 18.0 Å². The van der Waals surface area contributed by atoms with Crippen LogP contribution in [0.1, 0.15) is 10.4 Å². The molecule has 142 valence electrons. The Labute approximate surface area is 161 Å². The zero-order valence-corrected chi connectivity index (χ0v) is 15.6. The van der Waals surface area contributed by atoms with Gasteiger partial charge in [-0.3, -0.25) is 4.79 Å². The number of carbonyl (C=O) groups is 1. The molecule has 5 nitrogen and oxygen atoms in total. The SMILES string of the molecule is O=C(CSc1nncn1CCc1cccs1)Nc1ccccc1C(F)(F)F. The third-order valence-corrected chi connectivity index (χ3v) is 5.52. The molecule has 0 bridgehead atoms. The lowest BCUT2D eigenvalue weighted by molar-refractivity contribution is -0.137. The van der Waals surface area contributed by atoms with E-state index in [1.54, 1.807) is 17.7 Å². The maximum Gasteiger partial charge on any atom is 0.418 e. The smallest absolute Gasteiger partial charge is 0.325 e. The molecule has 0 saturated heterocycles. The van der Waals surface area contributed by atoms with Gasteiger partial charge in [-0.05, 0) is 30.0 Å². The molecule has 1 aromatic carbocycles. The highest BCUT2D eigenvalue weighted by atomic mass is 32.2. The lowest BCUT2D eigenvalue weighted by Gasteiger charge is -2.13. The van der Waals surface area contributed by atoms with Crippen molar-refractivity contribution in [3.05, 3.63) is 58.5 Å². The third kappa shape index (κ3) is 5.33. The summed E-state index contributed by atoms with van der Waals surface area (Å²) in [7, 11) is 0. The van der Waals surface area contributed by atoms with E-state index in [2.05, 4.69) is 15.5 Å². The predicted octanol–water partition coefficient (Wildman–Crippen LogP) is 4.33. The Kier molecular flexibility index (Phi) is 6.17. The molecule has 10 heteroatoms. The van der Waals surface area contributed by atoms with E-state index in [9.17, 15) is 18.0 Å². The van der Waals surface area contributed by atoms with Crippen LogP contribution in [0.25, 0.3) is 0 Å². The van der Waals surface area contributed by atoms with Crippen LogP contribution in [0, 0.1) is 0 Å². The van der Waals surface area contributed by atoms with Crippen LogP contribution < -0.4 is 5.32 Å². The number of benzene rings is 1. The van der Waals surface area contributed by atoms with Crippen LogP contribution in [0.2, 0.25) is 0 Å². The van der Waals surface area contributed by atoms with Gasteiger partial charge in [0.15, 0.2) is 5.16 Å². The standard InChI is InChI=1S/C17H15F3N4OS2/c18-17(19,20)13-5-1-2-6-14(13)22-15(25)10-27-16-23-21-11-24(16)8-7-12-4-3-9-26-12/h1-6,9,11H,7-8,10H2,(H,22,25). The summed E-state index contributed by atoms with van der Waals surface area (Å²) in [5, 5.41) is 12.7. The highest BCUT2D eigenvalue weighted by Gasteiger charge is 2.33. The monoisotopic (exact) mass is 412 g/mol. The molecule has 0 saturated carbocycles. The van der Waals surface area contributed by atoms with Crippen LogP contribution >= 0.6 is 23.1 Å². The van der Waals surface area contributed by atoms with Crippen molar-refractivity contribution in [2.45, 2.75) is 24.3 Å². The summed E-state index contributed by atoms with van der Waals surface area (Å²) in [4.78, 5) is 13.3. The third-order valence-electron chi connectivity index (χ3n) is 3.60. The van der Waals surface area contributed by atoms with Crippen molar-refractivity contribution in [2.24, 2.45) is 0 Å². The van der Waals surface area contributed by atoms with Gasteiger partial charge in [-0.15, -0.1) is 21.5 Å². The minimum Gasteiger partial charge on any atom is -0.325 e. The van der Waals surface area contributed by atoms with Crippen LogP contribution in [0.4, 0.5) is 18.9 Å². The molecule has 0 aliphatic rings. The summed E-state index contributed by atoms with van der Waals surface area (Å²) < 4.78 is 40.8. The summed E-state index contributed by atoms with van der Waals surface area (Å²) in [6.45, 7) is 0.661. The number of aromatic nitrogens is 3. The fourth-order valence-corrected chi connectivity index (χ4v) is 3.79. The van der Waals surface area contributed by atoms with Crippen LogP contribution in [-0.4, -0.2) is 26.4 Å². The van der Waals surface area contributed by atoms with Gasteiger partial charge in [-0.2, -0.15) is 13.2 Å². The second-order valence-corrected chi connectivity index (χ2v) is 7.49. The molecule has 0 fully saturated rings. The van der Waals surface area contributed by atoms with E-state index >= 15 is 0 Å². The predicted molar refractivity (Wildman–Crippen MR) is 98.8 cm³/mol. The Balaban J connectivity index is 1.57. The largest absolute Gasteiger partial charge is 0.418 e. The zero-order chi connectivity index (χ0) is 19.3. The maximum atomic E-state index is 13.0. The number of rotatable bonds is 7. The number of thiophene rings is 1. The van der Waals surface area contributed by atoms with Crippen molar-refractivity contribution in [3.63, 3.8) is 0 Å². The highest BCUT2D eigenvalue weighted by molar-refractivity contribution is 7.99. The first kappa shape index (κ1) is 19.4. The number of hydrogen-bond acceptors (Lipinski definition) is 5. The summed E-state index contributed by atoms with van der Waals surface area (Å²) in [5.41, 5.74) is -1.13. The Morgan fingerprint density at radius 2 is 2.04 bits per heavy atom. The minimum absolute atomic E-state index is 0.0656. The lowest BCUT2D eigenvalue weighted by Crippen LogP contribution is -2.18. The number of halogens is 3. The molecule has 1 N–H and O–H groups in total. The van der Waals surface area contributed by atoms with Gasteiger partial charge in [0.1, 0.15) is 6.33 Å². The van der Waals surface area contributed by atoms with E-state index in [1.807, 2.05) is 22.1 Å². The summed E-state index contributed by atoms with van der Waals surface area (Å²) >= 11 is 2.79. The van der Waals surface area contributed by atoms with Crippen LogP contribution in [0.15, 0.2) is 53.3 Å². The summed E-state index contributed by atoms with van der Waals surface area (Å²) in [6.07, 6.45) is -2.14. The van der Waals surface area contributed by atoms with Crippen molar-refractivity contribution in [1.29, 1.82) is 0 Å². The molecule has 3 rings (SSSR count). The molecular weight excluding hydrogens is 397 g/mol. The topological polar surface area (TPSA) is 59.8 Å². The summed E-state index contributed by atoms with van der Waals surface area (Å²) in [5.74, 6) is -0.603. The summed E-state index contributed by atoms with van der Waals surface area (Å²) in [6, 6.07) is 8.90. The molecule has 3 aromatic rings. The van der Waals surface area contributed by atoms with Gasteiger partial charge in [0.25, 0.3) is 0 Å². The number of para-hydroxylation sites is 1. The Morgan fingerprint density at radius 1 is 1.22 bits per heavy atom.